The van der Waals surface area contributed by atoms with Gasteiger partial charge in [-0.2, -0.15) is 0 Å². The standard InChI is InChI=1S/C18H14O3/c1-20-16-12-15(13-8-4-2-5-9-13)17(18(19)21-16)14-10-6-3-7-11-14/h2-12H,1H3. The van der Waals surface area contributed by atoms with Gasteiger partial charge in [0.2, 0.25) is 0 Å². The van der Waals surface area contributed by atoms with E-state index in [2.05, 4.69) is 0 Å². The molecule has 0 saturated heterocycles. The van der Waals surface area contributed by atoms with E-state index in [1.54, 1.807) is 6.07 Å². The molecule has 0 aliphatic carbocycles. The van der Waals surface area contributed by atoms with Gasteiger partial charge in [0.25, 0.3) is 5.95 Å². The summed E-state index contributed by atoms with van der Waals surface area (Å²) >= 11 is 0. The molecule has 0 saturated carbocycles. The molecule has 0 bridgehead atoms. The molecule has 3 rings (SSSR count). The van der Waals surface area contributed by atoms with E-state index in [4.69, 9.17) is 9.15 Å². The van der Waals surface area contributed by atoms with Crippen LogP contribution in [0.3, 0.4) is 0 Å². The molecule has 3 heteroatoms. The highest BCUT2D eigenvalue weighted by molar-refractivity contribution is 5.82. The van der Waals surface area contributed by atoms with Gasteiger partial charge in [-0.15, -0.1) is 0 Å². The smallest absolute Gasteiger partial charge is 0.347 e. The molecule has 104 valence electrons. The molecule has 0 fully saturated rings. The van der Waals surface area contributed by atoms with Crippen LogP contribution in [0.1, 0.15) is 0 Å². The summed E-state index contributed by atoms with van der Waals surface area (Å²) in [7, 11) is 1.48. The summed E-state index contributed by atoms with van der Waals surface area (Å²) < 4.78 is 10.3. The zero-order valence-electron chi connectivity index (χ0n) is 11.6. The van der Waals surface area contributed by atoms with Crippen molar-refractivity contribution in [3.8, 4) is 28.2 Å². The lowest BCUT2D eigenvalue weighted by Crippen LogP contribution is -2.06. The molecule has 0 N–H and O–H groups in total. The highest BCUT2D eigenvalue weighted by Gasteiger charge is 2.15. The molecule has 0 radical (unpaired) electrons. The summed E-state index contributed by atoms with van der Waals surface area (Å²) in [6.45, 7) is 0. The van der Waals surface area contributed by atoms with Crippen molar-refractivity contribution in [2.45, 2.75) is 0 Å². The van der Waals surface area contributed by atoms with Crippen LogP contribution >= 0.6 is 0 Å². The van der Waals surface area contributed by atoms with E-state index in [0.717, 1.165) is 16.7 Å². The topological polar surface area (TPSA) is 39.4 Å². The van der Waals surface area contributed by atoms with Gasteiger partial charge in [-0.05, 0) is 11.1 Å². The van der Waals surface area contributed by atoms with Crippen molar-refractivity contribution in [1.29, 1.82) is 0 Å². The summed E-state index contributed by atoms with van der Waals surface area (Å²) in [5, 5.41) is 0. The first-order valence-corrected chi connectivity index (χ1v) is 6.62. The average molecular weight is 278 g/mol. The summed E-state index contributed by atoms with van der Waals surface area (Å²) in [4.78, 5) is 12.3. The van der Waals surface area contributed by atoms with Crippen LogP contribution in [0.2, 0.25) is 0 Å². The first kappa shape index (κ1) is 13.2. The minimum atomic E-state index is -0.403. The maximum atomic E-state index is 12.3. The average Bonchev–Trinajstić information content (AvgIpc) is 2.55. The number of hydrogen-bond donors (Lipinski definition) is 0. The maximum Gasteiger partial charge on any atom is 0.347 e. The zero-order chi connectivity index (χ0) is 14.7. The van der Waals surface area contributed by atoms with Crippen molar-refractivity contribution in [3.05, 3.63) is 77.2 Å². The van der Waals surface area contributed by atoms with E-state index in [9.17, 15) is 4.79 Å². The van der Waals surface area contributed by atoms with Gasteiger partial charge in [-0.1, -0.05) is 60.7 Å². The molecule has 21 heavy (non-hydrogen) atoms. The Morgan fingerprint density at radius 2 is 1.43 bits per heavy atom. The molecule has 1 aromatic heterocycles. The van der Waals surface area contributed by atoms with Crippen molar-refractivity contribution in [1.82, 2.24) is 0 Å². The molecule has 0 spiro atoms. The first-order valence-electron chi connectivity index (χ1n) is 6.62. The lowest BCUT2D eigenvalue weighted by atomic mass is 9.97. The Hall–Kier alpha value is -2.81. The van der Waals surface area contributed by atoms with Crippen LogP contribution in [0.25, 0.3) is 22.3 Å². The highest BCUT2D eigenvalue weighted by Crippen LogP contribution is 2.31. The van der Waals surface area contributed by atoms with Crippen molar-refractivity contribution in [3.63, 3.8) is 0 Å². The van der Waals surface area contributed by atoms with Crippen LogP contribution in [0.5, 0.6) is 5.95 Å². The fourth-order valence-corrected chi connectivity index (χ4v) is 2.30. The molecular weight excluding hydrogens is 264 g/mol. The van der Waals surface area contributed by atoms with Crippen LogP contribution in [-0.4, -0.2) is 7.11 Å². The first-order chi connectivity index (χ1) is 10.3. The van der Waals surface area contributed by atoms with Gasteiger partial charge in [-0.25, -0.2) is 4.79 Å². The van der Waals surface area contributed by atoms with Crippen LogP contribution in [0.15, 0.2) is 75.9 Å². The Labute approximate surface area is 122 Å². The predicted molar refractivity (Wildman–Crippen MR) is 82.4 cm³/mol. The molecule has 0 amide bonds. The van der Waals surface area contributed by atoms with Crippen molar-refractivity contribution in [2.24, 2.45) is 0 Å². The molecule has 0 aliphatic rings. The molecule has 0 unspecified atom stereocenters. The number of hydrogen-bond acceptors (Lipinski definition) is 3. The molecule has 3 nitrogen and oxygen atoms in total. The second kappa shape index (κ2) is 5.67. The van der Waals surface area contributed by atoms with E-state index in [0.29, 0.717) is 5.56 Å². The second-order valence-corrected chi connectivity index (χ2v) is 4.58. The van der Waals surface area contributed by atoms with Gasteiger partial charge in [0.05, 0.1) is 12.7 Å². The van der Waals surface area contributed by atoms with E-state index in [1.807, 2.05) is 60.7 Å². The predicted octanol–water partition coefficient (Wildman–Crippen LogP) is 3.98. The number of methoxy groups -OCH3 is 1. The minimum absolute atomic E-state index is 0.207. The van der Waals surface area contributed by atoms with Gasteiger partial charge in [0, 0.05) is 11.6 Å². The fraction of sp³-hybridized carbons (Fsp3) is 0.0556. The number of ether oxygens (including phenoxy) is 1. The highest BCUT2D eigenvalue weighted by atomic mass is 16.6. The van der Waals surface area contributed by atoms with E-state index in [1.165, 1.54) is 7.11 Å². The molecule has 0 aliphatic heterocycles. The quantitative estimate of drug-likeness (QED) is 0.727. The third-order valence-electron chi connectivity index (χ3n) is 3.28. The third-order valence-corrected chi connectivity index (χ3v) is 3.28. The van der Waals surface area contributed by atoms with Gasteiger partial charge < -0.3 is 9.15 Å². The van der Waals surface area contributed by atoms with Crippen LogP contribution < -0.4 is 10.4 Å². The van der Waals surface area contributed by atoms with Crippen molar-refractivity contribution in [2.75, 3.05) is 7.11 Å². The van der Waals surface area contributed by atoms with Crippen molar-refractivity contribution >= 4 is 0 Å². The molecule has 2 aromatic carbocycles. The lowest BCUT2D eigenvalue weighted by molar-refractivity contribution is 0.287. The zero-order valence-corrected chi connectivity index (χ0v) is 11.6. The normalized spacial score (nSPS) is 10.3. The summed E-state index contributed by atoms with van der Waals surface area (Å²) in [6.07, 6.45) is 0. The minimum Gasteiger partial charge on any atom is -0.468 e. The fourth-order valence-electron chi connectivity index (χ4n) is 2.30. The van der Waals surface area contributed by atoms with Gasteiger partial charge in [0.15, 0.2) is 0 Å². The largest absolute Gasteiger partial charge is 0.468 e. The number of rotatable bonds is 3. The van der Waals surface area contributed by atoms with Crippen LogP contribution in [-0.2, 0) is 0 Å². The maximum absolute atomic E-state index is 12.3. The third kappa shape index (κ3) is 2.58. The summed E-state index contributed by atoms with van der Waals surface area (Å²) in [6, 6.07) is 21.0. The van der Waals surface area contributed by atoms with Gasteiger partial charge in [-0.3, -0.25) is 0 Å². The van der Waals surface area contributed by atoms with Gasteiger partial charge in [0.1, 0.15) is 0 Å². The number of benzene rings is 2. The second-order valence-electron chi connectivity index (χ2n) is 4.58. The van der Waals surface area contributed by atoms with E-state index in [-0.39, 0.29) is 5.95 Å². The summed E-state index contributed by atoms with van der Waals surface area (Å²) in [5.74, 6) is 0.207. The van der Waals surface area contributed by atoms with E-state index < -0.39 is 5.63 Å². The monoisotopic (exact) mass is 278 g/mol. The van der Waals surface area contributed by atoms with Crippen LogP contribution in [0.4, 0.5) is 0 Å². The Kier molecular flexibility index (Phi) is 3.56. The lowest BCUT2D eigenvalue weighted by Gasteiger charge is -2.10. The molecule has 0 atom stereocenters. The summed E-state index contributed by atoms with van der Waals surface area (Å²) in [5.41, 5.74) is 2.72. The Bertz CT molecular complexity index is 790. The SMILES string of the molecule is COc1cc(-c2ccccc2)c(-c2ccccc2)c(=O)o1. The molecular formula is C18H14O3. The molecule has 3 aromatic rings. The Balaban J connectivity index is 2.31. The Morgan fingerprint density at radius 1 is 0.857 bits per heavy atom. The Morgan fingerprint density at radius 3 is 2.00 bits per heavy atom. The molecule has 1 heterocycles. The van der Waals surface area contributed by atoms with Crippen molar-refractivity contribution < 1.29 is 9.15 Å². The van der Waals surface area contributed by atoms with Gasteiger partial charge >= 0.3 is 5.63 Å². The van der Waals surface area contributed by atoms with E-state index >= 15 is 0 Å². The van der Waals surface area contributed by atoms with Crippen LogP contribution in [0, 0.1) is 0 Å².